The number of piperidine rings is 1. The van der Waals surface area contributed by atoms with Crippen LogP contribution in [0.15, 0.2) is 48.8 Å². The number of nitrogens with zero attached hydrogens (tertiary/aromatic N) is 2. The fourth-order valence-electron chi connectivity index (χ4n) is 3.30. The molecule has 1 N–H and O–H groups in total. The van der Waals surface area contributed by atoms with E-state index in [2.05, 4.69) is 19.8 Å². The summed E-state index contributed by atoms with van der Waals surface area (Å²) in [4.78, 5) is 30.2. The van der Waals surface area contributed by atoms with Gasteiger partial charge in [-0.3, -0.25) is 14.6 Å². The number of rotatable bonds is 8. The van der Waals surface area contributed by atoms with E-state index in [1.54, 1.807) is 23.2 Å². The molecule has 33 heavy (non-hydrogen) atoms. The third kappa shape index (κ3) is 7.19. The second-order valence-corrected chi connectivity index (χ2v) is 7.10. The number of hydrogen-bond donors (Lipinski definition) is 1. The molecule has 0 spiro atoms. The number of pyridine rings is 1. The highest BCUT2D eigenvalue weighted by molar-refractivity contribution is 5.94. The Hall–Kier alpha value is -3.63. The molecule has 0 unspecified atom stereocenters. The van der Waals surface area contributed by atoms with E-state index in [1.165, 1.54) is 24.4 Å². The van der Waals surface area contributed by atoms with Gasteiger partial charge in [-0.15, -0.1) is 0 Å². The summed E-state index contributed by atoms with van der Waals surface area (Å²) in [6, 6.07) is 6.52. The van der Waals surface area contributed by atoms with Crippen molar-refractivity contribution in [3.8, 4) is 11.5 Å². The van der Waals surface area contributed by atoms with Crippen molar-refractivity contribution in [2.45, 2.75) is 32.1 Å². The van der Waals surface area contributed by atoms with Crippen LogP contribution in [0, 0.1) is 0 Å². The minimum absolute atomic E-state index is 0.0980. The lowest BCUT2D eigenvalue weighted by molar-refractivity contribution is -0.127. The summed E-state index contributed by atoms with van der Waals surface area (Å²) in [6.45, 7) is -5.52. The van der Waals surface area contributed by atoms with Gasteiger partial charge >= 0.3 is 13.2 Å². The molecule has 7 nitrogen and oxygen atoms in total. The largest absolute Gasteiger partial charge is 0.435 e. The number of nitrogens with one attached hydrogen (secondary N) is 1. The minimum atomic E-state index is -3.18. The van der Waals surface area contributed by atoms with Gasteiger partial charge in [0.05, 0.1) is 5.56 Å². The van der Waals surface area contributed by atoms with Crippen molar-refractivity contribution in [2.75, 3.05) is 13.1 Å². The van der Waals surface area contributed by atoms with Crippen molar-refractivity contribution in [3.63, 3.8) is 0 Å². The van der Waals surface area contributed by atoms with Crippen molar-refractivity contribution in [1.29, 1.82) is 0 Å². The van der Waals surface area contributed by atoms with Gasteiger partial charge in [-0.2, -0.15) is 17.6 Å². The fraction of sp³-hybridized carbons (Fsp3) is 0.318. The average molecular weight is 467 g/mol. The lowest BCUT2D eigenvalue weighted by Gasteiger charge is -2.31. The van der Waals surface area contributed by atoms with E-state index in [9.17, 15) is 27.2 Å². The van der Waals surface area contributed by atoms with Crippen molar-refractivity contribution in [2.24, 2.45) is 0 Å². The van der Waals surface area contributed by atoms with E-state index in [0.29, 0.717) is 31.5 Å². The van der Waals surface area contributed by atoms with Gasteiger partial charge in [0.1, 0.15) is 11.5 Å². The Kier molecular flexibility index (Phi) is 8.22. The van der Waals surface area contributed by atoms with Crippen LogP contribution in [0.25, 0.3) is 6.08 Å². The predicted molar refractivity (Wildman–Crippen MR) is 110 cm³/mol. The van der Waals surface area contributed by atoms with E-state index in [1.807, 2.05) is 0 Å². The number of carbonyl (C=O) groups is 2. The van der Waals surface area contributed by atoms with Crippen LogP contribution in [0.3, 0.4) is 0 Å². The van der Waals surface area contributed by atoms with Crippen molar-refractivity contribution < 1.29 is 36.6 Å². The average Bonchev–Trinajstić information content (AvgIpc) is 2.78. The summed E-state index contributed by atoms with van der Waals surface area (Å²) in [6.07, 6.45) is 6.59. The van der Waals surface area contributed by atoms with Crippen LogP contribution >= 0.6 is 0 Å². The molecule has 2 heterocycles. The highest BCUT2D eigenvalue weighted by Crippen LogP contribution is 2.28. The fourth-order valence-corrected chi connectivity index (χ4v) is 3.30. The number of benzene rings is 1. The molecule has 1 aliphatic rings. The normalized spacial score (nSPS) is 14.7. The smallest absolute Gasteiger partial charge is 0.387 e. The summed E-state index contributed by atoms with van der Waals surface area (Å²) in [5.74, 6) is -1.34. The van der Waals surface area contributed by atoms with E-state index in [0.717, 1.165) is 12.1 Å². The van der Waals surface area contributed by atoms with Crippen molar-refractivity contribution in [3.05, 3.63) is 59.9 Å². The first-order chi connectivity index (χ1) is 15.8. The Morgan fingerprint density at radius 1 is 1.09 bits per heavy atom. The van der Waals surface area contributed by atoms with Crippen molar-refractivity contribution >= 4 is 17.9 Å². The molecule has 0 bridgehead atoms. The minimum Gasteiger partial charge on any atom is -0.435 e. The molecule has 1 aromatic carbocycles. The van der Waals surface area contributed by atoms with Gasteiger partial charge in [0.25, 0.3) is 5.91 Å². The topological polar surface area (TPSA) is 80.8 Å². The number of alkyl halides is 4. The molecule has 0 saturated carbocycles. The van der Waals surface area contributed by atoms with Crippen LogP contribution in [0.5, 0.6) is 11.5 Å². The summed E-state index contributed by atoms with van der Waals surface area (Å²) < 4.78 is 58.6. The number of amides is 2. The second kappa shape index (κ2) is 11.3. The SMILES string of the molecule is O=C(NC1CCN(C(=O)/C=C/c2ccc(OC(F)F)cc2OC(F)F)CC1)c1cccnc1. The number of hydrogen-bond acceptors (Lipinski definition) is 5. The number of ether oxygens (including phenoxy) is 2. The molecule has 3 rings (SSSR count). The molecule has 176 valence electrons. The van der Waals surface area contributed by atoms with Gasteiger partial charge in [-0.05, 0) is 43.2 Å². The van der Waals surface area contributed by atoms with E-state index >= 15 is 0 Å². The van der Waals surface area contributed by atoms with Crippen LogP contribution in [0.4, 0.5) is 17.6 Å². The predicted octanol–water partition coefficient (Wildman–Crippen LogP) is 3.72. The molecule has 1 saturated heterocycles. The lowest BCUT2D eigenvalue weighted by Crippen LogP contribution is -2.46. The van der Waals surface area contributed by atoms with Crippen LogP contribution in [0.2, 0.25) is 0 Å². The number of carbonyl (C=O) groups excluding carboxylic acids is 2. The molecule has 1 fully saturated rings. The maximum atomic E-state index is 12.7. The van der Waals surface area contributed by atoms with Crippen LogP contribution in [0.1, 0.15) is 28.8 Å². The first kappa shape index (κ1) is 24.0. The zero-order valence-corrected chi connectivity index (χ0v) is 17.3. The molecule has 2 aromatic rings. The monoisotopic (exact) mass is 467 g/mol. The van der Waals surface area contributed by atoms with Crippen LogP contribution in [-0.4, -0.2) is 54.1 Å². The molecule has 1 aliphatic heterocycles. The van der Waals surface area contributed by atoms with E-state index in [4.69, 9.17) is 0 Å². The second-order valence-electron chi connectivity index (χ2n) is 7.10. The zero-order valence-electron chi connectivity index (χ0n) is 17.3. The molecule has 2 amide bonds. The number of likely N-dealkylation sites (tertiary alicyclic amines) is 1. The summed E-state index contributed by atoms with van der Waals surface area (Å²) in [7, 11) is 0. The Morgan fingerprint density at radius 3 is 2.45 bits per heavy atom. The Bertz CT molecular complexity index is 981. The van der Waals surface area contributed by atoms with Gasteiger partial charge in [0.15, 0.2) is 0 Å². The number of aromatic nitrogens is 1. The van der Waals surface area contributed by atoms with Gasteiger partial charge in [0, 0.05) is 49.2 Å². The summed E-state index contributed by atoms with van der Waals surface area (Å²) >= 11 is 0. The first-order valence-electron chi connectivity index (χ1n) is 10.0. The van der Waals surface area contributed by atoms with E-state index < -0.39 is 19.0 Å². The van der Waals surface area contributed by atoms with E-state index in [-0.39, 0.29) is 29.2 Å². The van der Waals surface area contributed by atoms with Crippen molar-refractivity contribution in [1.82, 2.24) is 15.2 Å². The molecule has 1 aromatic heterocycles. The molecule has 0 aliphatic carbocycles. The van der Waals surface area contributed by atoms with Gasteiger partial charge < -0.3 is 19.7 Å². The van der Waals surface area contributed by atoms with Crippen LogP contribution < -0.4 is 14.8 Å². The summed E-state index contributed by atoms with van der Waals surface area (Å²) in [5, 5.41) is 2.91. The van der Waals surface area contributed by atoms with Gasteiger partial charge in [-0.25, -0.2) is 0 Å². The zero-order chi connectivity index (χ0) is 23.8. The standard InChI is InChI=1S/C22H21F4N3O4/c23-21(24)32-17-5-3-14(18(12-17)33-22(25)26)4-6-19(30)29-10-7-16(8-11-29)28-20(31)15-2-1-9-27-13-15/h1-6,9,12-13,16,21-22H,7-8,10-11H2,(H,28,31)/b6-4+. The number of halogens is 4. The third-order valence-corrected chi connectivity index (χ3v) is 4.90. The molecule has 11 heteroatoms. The third-order valence-electron chi connectivity index (χ3n) is 4.90. The Morgan fingerprint density at radius 2 is 1.82 bits per heavy atom. The highest BCUT2D eigenvalue weighted by Gasteiger charge is 2.23. The van der Waals surface area contributed by atoms with Crippen LogP contribution in [-0.2, 0) is 4.79 Å². The quantitative estimate of drug-likeness (QED) is 0.473. The Balaban J connectivity index is 1.57. The van der Waals surface area contributed by atoms with Gasteiger partial charge in [-0.1, -0.05) is 0 Å². The molecular formula is C22H21F4N3O4. The highest BCUT2D eigenvalue weighted by atomic mass is 19.3. The summed E-state index contributed by atoms with van der Waals surface area (Å²) in [5.41, 5.74) is 0.551. The molecule has 0 atom stereocenters. The maximum Gasteiger partial charge on any atom is 0.387 e. The first-order valence-corrected chi connectivity index (χ1v) is 10.0. The Labute approximate surface area is 187 Å². The molecule has 0 radical (unpaired) electrons. The maximum absolute atomic E-state index is 12.7. The molecular weight excluding hydrogens is 446 g/mol. The lowest BCUT2D eigenvalue weighted by atomic mass is 10.0. The van der Waals surface area contributed by atoms with Gasteiger partial charge in [0.2, 0.25) is 5.91 Å².